The van der Waals surface area contributed by atoms with E-state index in [1.54, 1.807) is 18.5 Å². The minimum atomic E-state index is -0.455. The van der Waals surface area contributed by atoms with Crippen molar-refractivity contribution in [2.24, 2.45) is 0 Å². The van der Waals surface area contributed by atoms with Crippen LogP contribution in [-0.2, 0) is 17.7 Å². The normalized spacial score (nSPS) is 10.8. The summed E-state index contributed by atoms with van der Waals surface area (Å²) < 4.78 is 11.9. The molecule has 8 heteroatoms. The van der Waals surface area contributed by atoms with Crippen molar-refractivity contribution in [3.63, 3.8) is 0 Å². The molecular formula is C12H17N5O3. The quantitative estimate of drug-likeness (QED) is 0.731. The average Bonchev–Trinajstić information content (AvgIpc) is 2.99. The largest absolute Gasteiger partial charge is 0.461 e. The highest BCUT2D eigenvalue weighted by atomic mass is 16.5. The van der Waals surface area contributed by atoms with Crippen molar-refractivity contribution in [3.8, 4) is 0 Å². The van der Waals surface area contributed by atoms with Gasteiger partial charge >= 0.3 is 5.97 Å². The van der Waals surface area contributed by atoms with Crippen molar-refractivity contribution in [3.05, 3.63) is 23.2 Å². The Bertz CT molecular complexity index is 590. The number of ether oxygens (including phenoxy) is 1. The first-order valence-electron chi connectivity index (χ1n) is 6.54. The topological polar surface area (TPSA) is 95.9 Å². The Morgan fingerprint density at radius 2 is 2.10 bits per heavy atom. The first-order valence-corrected chi connectivity index (χ1v) is 6.54. The summed E-state index contributed by atoms with van der Waals surface area (Å²) in [6, 6.07) is 0. The van der Waals surface area contributed by atoms with Crippen LogP contribution < -0.4 is 0 Å². The highest BCUT2D eigenvalue weighted by molar-refractivity contribution is 5.88. The molecule has 0 N–H and O–H groups in total. The van der Waals surface area contributed by atoms with E-state index in [1.807, 2.05) is 6.92 Å². The van der Waals surface area contributed by atoms with Crippen LogP contribution in [-0.4, -0.2) is 37.8 Å². The Balaban J connectivity index is 2.26. The molecule has 0 radical (unpaired) electrons. The minimum absolute atomic E-state index is 0.255. The third kappa shape index (κ3) is 3.01. The number of carbonyl (C=O) groups is 1. The lowest BCUT2D eigenvalue weighted by Gasteiger charge is -2.04. The zero-order valence-electron chi connectivity index (χ0n) is 11.8. The maximum Gasteiger partial charge on any atom is 0.360 e. The highest BCUT2D eigenvalue weighted by Gasteiger charge is 2.21. The molecule has 2 rings (SSSR count). The van der Waals surface area contributed by atoms with Crippen molar-refractivity contribution in [1.82, 2.24) is 25.2 Å². The molecule has 2 aromatic heterocycles. The van der Waals surface area contributed by atoms with E-state index < -0.39 is 5.97 Å². The molecule has 0 saturated heterocycles. The molecule has 0 unspecified atom stereocenters. The predicted molar refractivity (Wildman–Crippen MR) is 68.1 cm³/mol. The van der Waals surface area contributed by atoms with Gasteiger partial charge in [-0.2, -0.15) is 0 Å². The van der Waals surface area contributed by atoms with Crippen LogP contribution >= 0.6 is 0 Å². The first-order chi connectivity index (χ1) is 9.65. The van der Waals surface area contributed by atoms with Crippen LogP contribution in [0.2, 0.25) is 0 Å². The molecule has 0 fully saturated rings. The zero-order valence-corrected chi connectivity index (χ0v) is 11.8. The number of carbonyl (C=O) groups excluding carboxylic acids is 1. The predicted octanol–water partition coefficient (Wildman–Crippen LogP) is 1.15. The van der Waals surface area contributed by atoms with Gasteiger partial charge in [0.2, 0.25) is 11.8 Å². The van der Waals surface area contributed by atoms with Gasteiger partial charge in [0.25, 0.3) is 0 Å². The molecule has 0 amide bonds. The SMILES string of the molecule is CCCc1c(C(=O)OCC)nnn1Cc1nnc(C)o1. The van der Waals surface area contributed by atoms with Crippen LogP contribution in [0.5, 0.6) is 0 Å². The molecule has 0 atom stereocenters. The van der Waals surface area contributed by atoms with E-state index in [9.17, 15) is 4.79 Å². The summed E-state index contributed by atoms with van der Waals surface area (Å²) in [5, 5.41) is 15.6. The van der Waals surface area contributed by atoms with Gasteiger partial charge in [-0.15, -0.1) is 15.3 Å². The lowest BCUT2D eigenvalue weighted by atomic mass is 10.2. The fourth-order valence-electron chi connectivity index (χ4n) is 1.83. The Hall–Kier alpha value is -2.25. The van der Waals surface area contributed by atoms with E-state index in [-0.39, 0.29) is 5.69 Å². The van der Waals surface area contributed by atoms with Crippen LogP contribution in [0.3, 0.4) is 0 Å². The first kappa shape index (κ1) is 14.2. The average molecular weight is 279 g/mol. The summed E-state index contributed by atoms with van der Waals surface area (Å²) in [5.74, 6) is 0.465. The zero-order chi connectivity index (χ0) is 14.5. The molecule has 0 aliphatic carbocycles. The van der Waals surface area contributed by atoms with E-state index in [0.717, 1.165) is 12.1 Å². The lowest BCUT2D eigenvalue weighted by Crippen LogP contribution is -2.11. The summed E-state index contributed by atoms with van der Waals surface area (Å²) in [4.78, 5) is 11.8. The molecule has 0 aliphatic rings. The molecule has 20 heavy (non-hydrogen) atoms. The molecule has 108 valence electrons. The number of hydrogen-bond acceptors (Lipinski definition) is 7. The molecule has 0 bridgehead atoms. The standard InChI is InChI=1S/C12H17N5O3/c1-4-6-9-11(12(18)19-5-2)15-16-17(9)7-10-14-13-8(3)20-10/h4-7H2,1-3H3. The molecule has 0 spiro atoms. The maximum absolute atomic E-state index is 11.8. The summed E-state index contributed by atoms with van der Waals surface area (Å²) >= 11 is 0. The van der Waals surface area contributed by atoms with Gasteiger partial charge < -0.3 is 9.15 Å². The van der Waals surface area contributed by atoms with Crippen LogP contribution in [0.4, 0.5) is 0 Å². The van der Waals surface area contributed by atoms with Gasteiger partial charge in [-0.25, -0.2) is 9.48 Å². The van der Waals surface area contributed by atoms with E-state index >= 15 is 0 Å². The van der Waals surface area contributed by atoms with Crippen molar-refractivity contribution >= 4 is 5.97 Å². The van der Waals surface area contributed by atoms with Crippen LogP contribution in [0.15, 0.2) is 4.42 Å². The third-order valence-corrected chi connectivity index (χ3v) is 2.65. The van der Waals surface area contributed by atoms with Crippen LogP contribution in [0.1, 0.15) is 48.2 Å². The molecule has 2 aromatic rings. The number of esters is 1. The summed E-state index contributed by atoms with van der Waals surface area (Å²) in [7, 11) is 0. The van der Waals surface area contributed by atoms with Gasteiger partial charge in [-0.1, -0.05) is 18.6 Å². The fraction of sp³-hybridized carbons (Fsp3) is 0.583. The summed E-state index contributed by atoms with van der Waals surface area (Å²) in [6.07, 6.45) is 1.54. The van der Waals surface area contributed by atoms with E-state index in [1.165, 1.54) is 0 Å². The van der Waals surface area contributed by atoms with Crippen molar-refractivity contribution < 1.29 is 13.9 Å². The van der Waals surface area contributed by atoms with Gasteiger partial charge in [-0.05, 0) is 13.3 Å². The van der Waals surface area contributed by atoms with Gasteiger partial charge in [0, 0.05) is 6.92 Å². The van der Waals surface area contributed by atoms with E-state index in [2.05, 4.69) is 20.5 Å². The van der Waals surface area contributed by atoms with Crippen molar-refractivity contribution in [1.29, 1.82) is 0 Å². The minimum Gasteiger partial charge on any atom is -0.461 e. The fourth-order valence-corrected chi connectivity index (χ4v) is 1.83. The Kier molecular flexibility index (Phi) is 4.44. The highest BCUT2D eigenvalue weighted by Crippen LogP contribution is 2.12. The molecule has 2 heterocycles. The number of nitrogens with zero attached hydrogens (tertiary/aromatic N) is 5. The Morgan fingerprint density at radius 1 is 1.30 bits per heavy atom. The van der Waals surface area contributed by atoms with Crippen molar-refractivity contribution in [2.45, 2.75) is 40.2 Å². The number of rotatable bonds is 6. The van der Waals surface area contributed by atoms with Crippen molar-refractivity contribution in [2.75, 3.05) is 6.61 Å². The smallest absolute Gasteiger partial charge is 0.360 e. The monoisotopic (exact) mass is 279 g/mol. The van der Waals surface area contributed by atoms with Crippen LogP contribution in [0, 0.1) is 6.92 Å². The third-order valence-electron chi connectivity index (χ3n) is 2.65. The number of aromatic nitrogens is 5. The summed E-state index contributed by atoms with van der Waals surface area (Å²) in [5.41, 5.74) is 0.978. The number of aryl methyl sites for hydroxylation is 1. The van der Waals surface area contributed by atoms with Crippen LogP contribution in [0.25, 0.3) is 0 Å². The lowest BCUT2D eigenvalue weighted by molar-refractivity contribution is 0.0518. The molecular weight excluding hydrogens is 262 g/mol. The van der Waals surface area contributed by atoms with E-state index in [0.29, 0.717) is 31.4 Å². The molecule has 0 saturated carbocycles. The molecule has 0 aromatic carbocycles. The second-order valence-corrected chi connectivity index (χ2v) is 4.23. The summed E-state index contributed by atoms with van der Waals surface area (Å²) in [6.45, 7) is 6.09. The van der Waals surface area contributed by atoms with Gasteiger partial charge in [0.1, 0.15) is 6.54 Å². The number of hydrogen-bond donors (Lipinski definition) is 0. The van der Waals surface area contributed by atoms with Gasteiger partial charge in [0.15, 0.2) is 5.69 Å². The van der Waals surface area contributed by atoms with Gasteiger partial charge in [0.05, 0.1) is 12.3 Å². The molecule has 0 aliphatic heterocycles. The van der Waals surface area contributed by atoms with Gasteiger partial charge in [-0.3, -0.25) is 0 Å². The Labute approximate surface area is 116 Å². The maximum atomic E-state index is 11.8. The van der Waals surface area contributed by atoms with E-state index in [4.69, 9.17) is 9.15 Å². The second kappa shape index (κ2) is 6.27. The second-order valence-electron chi connectivity index (χ2n) is 4.23. The molecule has 8 nitrogen and oxygen atoms in total. The Morgan fingerprint density at radius 3 is 2.70 bits per heavy atom.